The highest BCUT2D eigenvalue weighted by atomic mass is 16.2. The molecular weight excluding hydrogens is 218 g/mol. The van der Waals surface area contributed by atoms with Crippen molar-refractivity contribution in [3.05, 3.63) is 35.4 Å². The maximum absolute atomic E-state index is 12.1. The van der Waals surface area contributed by atoms with Crippen LogP contribution in [0.1, 0.15) is 34.1 Å². The number of fused-ring (bicyclic) bond motifs is 1. The van der Waals surface area contributed by atoms with Gasteiger partial charge in [-0.25, -0.2) is 0 Å². The summed E-state index contributed by atoms with van der Waals surface area (Å²) < 4.78 is 0. The maximum Gasteiger partial charge on any atom is 0.261 e. The van der Waals surface area contributed by atoms with Crippen molar-refractivity contribution in [3.8, 4) is 0 Å². The zero-order valence-corrected chi connectivity index (χ0v) is 9.64. The third-order valence-corrected chi connectivity index (χ3v) is 3.02. The Morgan fingerprint density at radius 2 is 1.76 bits per heavy atom. The van der Waals surface area contributed by atoms with Crippen LogP contribution in [0.2, 0.25) is 0 Å². The lowest BCUT2D eigenvalue weighted by Crippen LogP contribution is -2.46. The largest absolute Gasteiger partial charge is 0.271 e. The summed E-state index contributed by atoms with van der Waals surface area (Å²) in [5.41, 5.74) is 3.48. The highest BCUT2D eigenvalue weighted by Crippen LogP contribution is 2.25. The number of amides is 2. The van der Waals surface area contributed by atoms with E-state index in [1.54, 1.807) is 24.3 Å². The lowest BCUT2D eigenvalue weighted by molar-refractivity contribution is 0.0579. The van der Waals surface area contributed by atoms with E-state index in [0.717, 1.165) is 0 Å². The number of rotatable bonds is 4. The molecule has 0 saturated heterocycles. The summed E-state index contributed by atoms with van der Waals surface area (Å²) in [6.07, 6.45) is 0.676. The number of nitrogens with two attached hydrogens (primary N) is 1. The average Bonchev–Trinajstić information content (AvgIpc) is 2.61. The molecule has 1 aliphatic rings. The first-order valence-corrected chi connectivity index (χ1v) is 5.61. The minimum Gasteiger partial charge on any atom is -0.271 e. The molecule has 1 unspecified atom stereocenters. The van der Waals surface area contributed by atoms with E-state index in [1.807, 2.05) is 6.92 Å². The Hall–Kier alpha value is -1.72. The predicted octanol–water partition coefficient (Wildman–Crippen LogP) is 0.524. The molecule has 0 saturated carbocycles. The highest BCUT2D eigenvalue weighted by Gasteiger charge is 2.38. The smallest absolute Gasteiger partial charge is 0.261 e. The normalized spacial score (nSPS) is 16.2. The van der Waals surface area contributed by atoms with Gasteiger partial charge in [0.1, 0.15) is 0 Å². The van der Waals surface area contributed by atoms with Crippen LogP contribution in [0.4, 0.5) is 0 Å². The molecule has 0 aliphatic carbocycles. The molecule has 0 fully saturated rings. The van der Waals surface area contributed by atoms with E-state index in [2.05, 4.69) is 5.43 Å². The maximum atomic E-state index is 12.1. The number of hydrogen-bond acceptors (Lipinski definition) is 4. The van der Waals surface area contributed by atoms with Gasteiger partial charge < -0.3 is 0 Å². The van der Waals surface area contributed by atoms with Crippen LogP contribution in [0, 0.1) is 0 Å². The molecule has 0 bridgehead atoms. The number of imide groups is 1. The van der Waals surface area contributed by atoms with Gasteiger partial charge in [0.25, 0.3) is 11.8 Å². The van der Waals surface area contributed by atoms with Crippen molar-refractivity contribution in [3.63, 3.8) is 0 Å². The van der Waals surface area contributed by atoms with Gasteiger partial charge in [-0.1, -0.05) is 19.1 Å². The molecule has 2 rings (SSSR count). The molecule has 1 atom stereocenters. The second-order valence-electron chi connectivity index (χ2n) is 4.00. The Kier molecular flexibility index (Phi) is 3.21. The summed E-state index contributed by atoms with van der Waals surface area (Å²) in [6, 6.07) is 6.68. The van der Waals surface area contributed by atoms with Crippen LogP contribution in [0.5, 0.6) is 0 Å². The van der Waals surface area contributed by atoms with Crippen LogP contribution in [0.25, 0.3) is 0 Å². The molecule has 0 spiro atoms. The Morgan fingerprint density at radius 1 is 1.24 bits per heavy atom. The van der Waals surface area contributed by atoms with Gasteiger partial charge in [-0.15, -0.1) is 0 Å². The predicted molar refractivity (Wildman–Crippen MR) is 63.2 cm³/mol. The van der Waals surface area contributed by atoms with Crippen LogP contribution in [0.15, 0.2) is 24.3 Å². The summed E-state index contributed by atoms with van der Waals surface area (Å²) in [4.78, 5) is 25.5. The highest BCUT2D eigenvalue weighted by molar-refractivity contribution is 6.21. The van der Waals surface area contributed by atoms with Crippen molar-refractivity contribution in [1.82, 2.24) is 10.3 Å². The standard InChI is InChI=1S/C12H15N3O2/c1-2-8(7-14-13)15-11(16)9-5-3-4-6-10(9)12(15)17/h3-6,8,14H,2,7,13H2,1H3. The fraction of sp³-hybridized carbons (Fsp3) is 0.333. The monoisotopic (exact) mass is 233 g/mol. The molecule has 1 aromatic rings. The van der Waals surface area contributed by atoms with Gasteiger partial charge in [0.05, 0.1) is 17.2 Å². The average molecular weight is 233 g/mol. The zero-order valence-electron chi connectivity index (χ0n) is 9.64. The third kappa shape index (κ3) is 1.83. The number of benzene rings is 1. The van der Waals surface area contributed by atoms with Crippen molar-refractivity contribution in [2.24, 2.45) is 5.84 Å². The summed E-state index contributed by atoms with van der Waals surface area (Å²) >= 11 is 0. The molecule has 1 aliphatic heterocycles. The quantitative estimate of drug-likeness (QED) is 0.452. The van der Waals surface area contributed by atoms with Gasteiger partial charge in [-0.2, -0.15) is 0 Å². The van der Waals surface area contributed by atoms with E-state index in [4.69, 9.17) is 5.84 Å². The zero-order chi connectivity index (χ0) is 12.4. The molecular formula is C12H15N3O2. The van der Waals surface area contributed by atoms with Crippen LogP contribution in [-0.2, 0) is 0 Å². The van der Waals surface area contributed by atoms with E-state index in [-0.39, 0.29) is 17.9 Å². The molecule has 1 heterocycles. The van der Waals surface area contributed by atoms with Crippen LogP contribution < -0.4 is 11.3 Å². The van der Waals surface area contributed by atoms with Gasteiger partial charge in [-0.05, 0) is 18.6 Å². The second-order valence-corrected chi connectivity index (χ2v) is 4.00. The fourth-order valence-corrected chi connectivity index (χ4v) is 2.09. The van der Waals surface area contributed by atoms with E-state index in [9.17, 15) is 9.59 Å². The van der Waals surface area contributed by atoms with E-state index >= 15 is 0 Å². The summed E-state index contributed by atoms with van der Waals surface area (Å²) in [5.74, 6) is 4.81. The minimum absolute atomic E-state index is 0.201. The molecule has 1 aromatic carbocycles. The Morgan fingerprint density at radius 3 is 2.18 bits per heavy atom. The van der Waals surface area contributed by atoms with Crippen LogP contribution >= 0.6 is 0 Å². The number of hydrazine groups is 1. The number of hydrogen-bond donors (Lipinski definition) is 2. The molecule has 5 nitrogen and oxygen atoms in total. The summed E-state index contributed by atoms with van der Waals surface area (Å²) in [7, 11) is 0. The van der Waals surface area contributed by atoms with Crippen molar-refractivity contribution in [1.29, 1.82) is 0 Å². The van der Waals surface area contributed by atoms with Gasteiger partial charge in [-0.3, -0.25) is 25.8 Å². The molecule has 90 valence electrons. The van der Waals surface area contributed by atoms with E-state index < -0.39 is 0 Å². The molecule has 5 heteroatoms. The summed E-state index contributed by atoms with van der Waals surface area (Å²) in [5, 5.41) is 0. The second kappa shape index (κ2) is 4.65. The van der Waals surface area contributed by atoms with Gasteiger partial charge in [0.2, 0.25) is 0 Å². The topological polar surface area (TPSA) is 75.4 Å². The first-order chi connectivity index (χ1) is 8.20. The van der Waals surface area contributed by atoms with Gasteiger partial charge >= 0.3 is 0 Å². The van der Waals surface area contributed by atoms with Crippen LogP contribution in [-0.4, -0.2) is 29.3 Å². The SMILES string of the molecule is CCC(CNN)N1C(=O)c2ccccc2C1=O. The Balaban J connectivity index is 2.35. The first kappa shape index (κ1) is 11.8. The lowest BCUT2D eigenvalue weighted by Gasteiger charge is -2.24. The summed E-state index contributed by atoms with van der Waals surface area (Å²) in [6.45, 7) is 2.33. The van der Waals surface area contributed by atoms with Crippen molar-refractivity contribution in [2.75, 3.05) is 6.54 Å². The molecule has 17 heavy (non-hydrogen) atoms. The number of nitrogens with zero attached hydrogens (tertiary/aromatic N) is 1. The molecule has 2 amide bonds. The Bertz CT molecular complexity index is 424. The van der Waals surface area contributed by atoms with Gasteiger partial charge in [0, 0.05) is 6.54 Å². The Labute approximate surface area is 99.6 Å². The van der Waals surface area contributed by atoms with Crippen molar-refractivity contribution in [2.45, 2.75) is 19.4 Å². The molecule has 3 N–H and O–H groups in total. The first-order valence-electron chi connectivity index (χ1n) is 5.61. The fourth-order valence-electron chi connectivity index (χ4n) is 2.09. The number of carbonyl (C=O) groups excluding carboxylic acids is 2. The molecule has 0 aromatic heterocycles. The van der Waals surface area contributed by atoms with Gasteiger partial charge in [0.15, 0.2) is 0 Å². The number of nitrogens with one attached hydrogen (secondary N) is 1. The van der Waals surface area contributed by atoms with Crippen molar-refractivity contribution < 1.29 is 9.59 Å². The minimum atomic E-state index is -0.229. The molecule has 0 radical (unpaired) electrons. The number of carbonyl (C=O) groups is 2. The van der Waals surface area contributed by atoms with Crippen LogP contribution in [0.3, 0.4) is 0 Å². The van der Waals surface area contributed by atoms with Crippen molar-refractivity contribution >= 4 is 11.8 Å². The lowest BCUT2D eigenvalue weighted by atomic mass is 10.1. The van der Waals surface area contributed by atoms with E-state index in [1.165, 1.54) is 4.90 Å². The van der Waals surface area contributed by atoms with E-state index in [0.29, 0.717) is 24.1 Å². The third-order valence-electron chi connectivity index (χ3n) is 3.02.